The number of carboxylic acid groups (broad SMARTS) is 1. The summed E-state index contributed by atoms with van der Waals surface area (Å²) in [6, 6.07) is 5.46. The molecule has 1 heterocycles. The van der Waals surface area contributed by atoms with Crippen molar-refractivity contribution in [1.82, 2.24) is 13.9 Å². The number of imidazole rings is 1. The Hall–Kier alpha value is -2.19. The van der Waals surface area contributed by atoms with Crippen LogP contribution >= 0.6 is 0 Å². The highest BCUT2D eigenvalue weighted by Crippen LogP contribution is 2.21. The molecule has 1 aromatic heterocycles. The van der Waals surface area contributed by atoms with Gasteiger partial charge in [-0.2, -0.15) is 4.31 Å². The summed E-state index contributed by atoms with van der Waals surface area (Å²) in [6.45, 7) is 6.36. The van der Waals surface area contributed by atoms with Crippen LogP contribution in [0.2, 0.25) is 0 Å². The molecule has 8 heteroatoms. The standard InChI is InChI=1S/C19H27N3O4S/c1-5-18-20-10-11-22(18)13-15-6-8-16(9-7-15)27(25,26)21(4)17(19(23)24)12-14(2)3/h6-11,14,17H,5,12-13H2,1-4H3,(H,23,24)/t17-/m0/s1. The van der Waals surface area contributed by atoms with Gasteiger partial charge in [0.25, 0.3) is 0 Å². The van der Waals surface area contributed by atoms with Crippen molar-refractivity contribution in [2.75, 3.05) is 7.05 Å². The molecule has 1 atom stereocenters. The monoisotopic (exact) mass is 393 g/mol. The molecule has 0 aliphatic carbocycles. The Labute approximate surface area is 160 Å². The van der Waals surface area contributed by atoms with Crippen LogP contribution in [0.5, 0.6) is 0 Å². The summed E-state index contributed by atoms with van der Waals surface area (Å²) < 4.78 is 28.6. The number of aliphatic carboxylic acids is 1. The van der Waals surface area contributed by atoms with E-state index < -0.39 is 22.0 Å². The second kappa shape index (κ2) is 8.67. The molecule has 1 N–H and O–H groups in total. The number of carbonyl (C=O) groups is 1. The minimum absolute atomic E-state index is 0.0640. The van der Waals surface area contributed by atoms with E-state index >= 15 is 0 Å². The Balaban J connectivity index is 2.22. The number of rotatable bonds is 9. The molecule has 2 rings (SSSR count). The maximum Gasteiger partial charge on any atom is 0.322 e. The molecule has 148 valence electrons. The molecular weight excluding hydrogens is 366 g/mol. The lowest BCUT2D eigenvalue weighted by atomic mass is 10.0. The Morgan fingerprint density at radius 2 is 1.89 bits per heavy atom. The SMILES string of the molecule is CCc1nccn1Cc1ccc(S(=O)(=O)N(C)[C@@H](CC(C)C)C(=O)O)cc1. The zero-order chi connectivity index (χ0) is 20.2. The van der Waals surface area contributed by atoms with Crippen LogP contribution in [0.3, 0.4) is 0 Å². The van der Waals surface area contributed by atoms with Gasteiger partial charge in [0, 0.05) is 32.4 Å². The maximum absolute atomic E-state index is 12.8. The molecule has 0 aliphatic rings. The molecule has 27 heavy (non-hydrogen) atoms. The third-order valence-electron chi connectivity index (χ3n) is 4.49. The van der Waals surface area contributed by atoms with Gasteiger partial charge in [-0.1, -0.05) is 32.9 Å². The summed E-state index contributed by atoms with van der Waals surface area (Å²) in [6.07, 6.45) is 4.70. The second-order valence-corrected chi connectivity index (χ2v) is 8.97. The first-order valence-electron chi connectivity index (χ1n) is 8.96. The summed E-state index contributed by atoms with van der Waals surface area (Å²) >= 11 is 0. The predicted octanol–water partition coefficient (Wildman–Crippen LogP) is 2.61. The molecule has 0 spiro atoms. The van der Waals surface area contributed by atoms with Gasteiger partial charge in [-0.05, 0) is 30.0 Å². The van der Waals surface area contributed by atoms with E-state index in [2.05, 4.69) is 4.98 Å². The number of aromatic nitrogens is 2. The van der Waals surface area contributed by atoms with Crippen LogP contribution in [-0.2, 0) is 27.8 Å². The van der Waals surface area contributed by atoms with E-state index in [-0.39, 0.29) is 17.2 Å². The fourth-order valence-electron chi connectivity index (χ4n) is 2.95. The van der Waals surface area contributed by atoms with E-state index in [4.69, 9.17) is 0 Å². The van der Waals surface area contributed by atoms with E-state index in [9.17, 15) is 18.3 Å². The first kappa shape index (κ1) is 21.1. The smallest absolute Gasteiger partial charge is 0.322 e. The minimum atomic E-state index is -3.89. The van der Waals surface area contributed by atoms with Crippen LogP contribution in [0.15, 0.2) is 41.6 Å². The summed E-state index contributed by atoms with van der Waals surface area (Å²) in [4.78, 5) is 15.9. The van der Waals surface area contributed by atoms with Crippen molar-refractivity contribution < 1.29 is 18.3 Å². The molecule has 0 saturated carbocycles. The van der Waals surface area contributed by atoms with Crippen molar-refractivity contribution in [3.8, 4) is 0 Å². The number of nitrogens with zero attached hydrogens (tertiary/aromatic N) is 3. The fourth-order valence-corrected chi connectivity index (χ4v) is 4.27. The first-order chi connectivity index (χ1) is 12.7. The zero-order valence-corrected chi connectivity index (χ0v) is 17.0. The second-order valence-electron chi connectivity index (χ2n) is 6.97. The summed E-state index contributed by atoms with van der Waals surface area (Å²) in [5.74, 6) is -0.114. The molecule has 1 aromatic carbocycles. The van der Waals surface area contributed by atoms with Gasteiger partial charge in [0.1, 0.15) is 11.9 Å². The molecule has 0 amide bonds. The van der Waals surface area contributed by atoms with Crippen molar-refractivity contribution in [1.29, 1.82) is 0 Å². The van der Waals surface area contributed by atoms with Crippen LogP contribution in [-0.4, -0.2) is 46.4 Å². The Morgan fingerprint density at radius 1 is 1.26 bits per heavy atom. The number of hydrogen-bond donors (Lipinski definition) is 1. The van der Waals surface area contributed by atoms with Gasteiger partial charge in [-0.3, -0.25) is 4.79 Å². The molecule has 0 aliphatic heterocycles. The predicted molar refractivity (Wildman–Crippen MR) is 103 cm³/mol. The summed E-state index contributed by atoms with van der Waals surface area (Å²) in [7, 11) is -2.56. The Bertz CT molecular complexity index is 873. The molecule has 0 saturated heterocycles. The van der Waals surface area contributed by atoms with Crippen LogP contribution in [0.25, 0.3) is 0 Å². The number of benzene rings is 1. The van der Waals surface area contributed by atoms with Gasteiger partial charge >= 0.3 is 5.97 Å². The quantitative estimate of drug-likeness (QED) is 0.707. The van der Waals surface area contributed by atoms with Gasteiger partial charge in [-0.25, -0.2) is 13.4 Å². The number of sulfonamides is 1. The lowest BCUT2D eigenvalue weighted by Crippen LogP contribution is -2.43. The Kier molecular flexibility index (Phi) is 6.78. The largest absolute Gasteiger partial charge is 0.480 e. The van der Waals surface area contributed by atoms with E-state index in [1.165, 1.54) is 19.2 Å². The number of hydrogen-bond acceptors (Lipinski definition) is 4. The van der Waals surface area contributed by atoms with Gasteiger partial charge in [0.2, 0.25) is 10.0 Å². The first-order valence-corrected chi connectivity index (χ1v) is 10.4. The Morgan fingerprint density at radius 3 is 2.41 bits per heavy atom. The fraction of sp³-hybridized carbons (Fsp3) is 0.474. The van der Waals surface area contributed by atoms with Crippen molar-refractivity contribution in [3.63, 3.8) is 0 Å². The third kappa shape index (κ3) is 4.95. The number of aryl methyl sites for hydroxylation is 1. The number of carboxylic acids is 1. The molecule has 7 nitrogen and oxygen atoms in total. The summed E-state index contributed by atoms with van der Waals surface area (Å²) in [5, 5.41) is 9.43. The van der Waals surface area contributed by atoms with Crippen LogP contribution < -0.4 is 0 Å². The third-order valence-corrected chi connectivity index (χ3v) is 6.37. The van der Waals surface area contributed by atoms with Gasteiger partial charge in [0.05, 0.1) is 4.90 Å². The van der Waals surface area contributed by atoms with Gasteiger partial charge in [0.15, 0.2) is 0 Å². The van der Waals surface area contributed by atoms with Crippen LogP contribution in [0.1, 0.15) is 38.6 Å². The topological polar surface area (TPSA) is 92.5 Å². The highest BCUT2D eigenvalue weighted by Gasteiger charge is 2.33. The normalized spacial score (nSPS) is 13.3. The lowest BCUT2D eigenvalue weighted by molar-refractivity contribution is -0.141. The maximum atomic E-state index is 12.8. The van der Waals surface area contributed by atoms with E-state index in [1.54, 1.807) is 18.3 Å². The van der Waals surface area contributed by atoms with E-state index in [0.717, 1.165) is 22.1 Å². The summed E-state index contributed by atoms with van der Waals surface area (Å²) in [5.41, 5.74) is 0.946. The number of likely N-dealkylation sites (N-methyl/N-ethyl adjacent to an activating group) is 1. The van der Waals surface area contributed by atoms with Gasteiger partial charge in [-0.15, -0.1) is 0 Å². The average molecular weight is 394 g/mol. The minimum Gasteiger partial charge on any atom is -0.480 e. The van der Waals surface area contributed by atoms with E-state index in [0.29, 0.717) is 6.54 Å². The highest BCUT2D eigenvalue weighted by atomic mass is 32.2. The lowest BCUT2D eigenvalue weighted by Gasteiger charge is -2.25. The van der Waals surface area contributed by atoms with Crippen LogP contribution in [0, 0.1) is 5.92 Å². The van der Waals surface area contributed by atoms with Crippen LogP contribution in [0.4, 0.5) is 0 Å². The molecule has 0 fully saturated rings. The van der Waals surface area contributed by atoms with Crippen molar-refractivity contribution >= 4 is 16.0 Å². The molecule has 0 radical (unpaired) electrons. The average Bonchev–Trinajstić information content (AvgIpc) is 3.06. The van der Waals surface area contributed by atoms with Crippen molar-refractivity contribution in [2.24, 2.45) is 5.92 Å². The molecule has 0 unspecified atom stereocenters. The highest BCUT2D eigenvalue weighted by molar-refractivity contribution is 7.89. The molecule has 0 bridgehead atoms. The van der Waals surface area contributed by atoms with Crippen molar-refractivity contribution in [2.45, 2.75) is 51.1 Å². The molecule has 2 aromatic rings. The van der Waals surface area contributed by atoms with Gasteiger partial charge < -0.3 is 9.67 Å². The zero-order valence-electron chi connectivity index (χ0n) is 16.2. The van der Waals surface area contributed by atoms with Crippen molar-refractivity contribution in [3.05, 3.63) is 48.0 Å². The molecular formula is C19H27N3O4S. The van der Waals surface area contributed by atoms with E-state index in [1.807, 2.05) is 31.5 Å².